The molecule has 1 amide bonds. The van der Waals surface area contributed by atoms with Crippen LogP contribution in [0.4, 0.5) is 5.69 Å². The number of hydrogen-bond acceptors (Lipinski definition) is 2. The molecule has 0 radical (unpaired) electrons. The molecule has 4 heteroatoms. The van der Waals surface area contributed by atoms with Gasteiger partial charge in [-0.3, -0.25) is 4.79 Å². The number of nitrogens with one attached hydrogen (secondary N) is 1. The minimum atomic E-state index is -0.0231. The van der Waals surface area contributed by atoms with Crippen LogP contribution in [0.2, 0.25) is 0 Å². The van der Waals surface area contributed by atoms with Gasteiger partial charge in [-0.1, -0.05) is 31.3 Å². The molecule has 74 valence electrons. The van der Waals surface area contributed by atoms with Gasteiger partial charge in [0.15, 0.2) is 0 Å². The maximum absolute atomic E-state index is 11.1. The summed E-state index contributed by atoms with van der Waals surface area (Å²) in [6.07, 6.45) is 0.456. The fourth-order valence-corrected chi connectivity index (χ4v) is 1.13. The number of hydrogen-bond donors (Lipinski definition) is 2. The SMILES string of the molecule is CCC(=O)Nc1cccc(C(N)=S)c1. The Morgan fingerprint density at radius 1 is 1.57 bits per heavy atom. The maximum atomic E-state index is 11.1. The van der Waals surface area contributed by atoms with Crippen molar-refractivity contribution in [2.24, 2.45) is 5.73 Å². The highest BCUT2D eigenvalue weighted by Crippen LogP contribution is 2.10. The molecule has 0 aliphatic carbocycles. The molecule has 3 N–H and O–H groups in total. The predicted octanol–water partition coefficient (Wildman–Crippen LogP) is 1.67. The molecule has 0 atom stereocenters. The van der Waals surface area contributed by atoms with Gasteiger partial charge < -0.3 is 11.1 Å². The van der Waals surface area contributed by atoms with Crippen LogP contribution >= 0.6 is 12.2 Å². The number of carbonyl (C=O) groups is 1. The predicted molar refractivity (Wildman–Crippen MR) is 61.3 cm³/mol. The first-order valence-corrected chi connectivity index (χ1v) is 4.74. The van der Waals surface area contributed by atoms with Crippen LogP contribution in [-0.4, -0.2) is 10.9 Å². The van der Waals surface area contributed by atoms with Crippen LogP contribution in [0.25, 0.3) is 0 Å². The molecule has 0 bridgehead atoms. The monoisotopic (exact) mass is 208 g/mol. The van der Waals surface area contributed by atoms with Gasteiger partial charge >= 0.3 is 0 Å². The van der Waals surface area contributed by atoms with E-state index < -0.39 is 0 Å². The molecular formula is C10H12N2OS. The van der Waals surface area contributed by atoms with E-state index in [2.05, 4.69) is 5.32 Å². The van der Waals surface area contributed by atoms with Gasteiger partial charge in [0, 0.05) is 17.7 Å². The Balaban J connectivity index is 2.83. The molecule has 1 aromatic carbocycles. The van der Waals surface area contributed by atoms with Crippen molar-refractivity contribution in [1.82, 2.24) is 0 Å². The largest absolute Gasteiger partial charge is 0.389 e. The fourth-order valence-electron chi connectivity index (χ4n) is 1.000. The molecule has 0 saturated heterocycles. The van der Waals surface area contributed by atoms with Crippen LogP contribution in [0.15, 0.2) is 24.3 Å². The van der Waals surface area contributed by atoms with Crippen molar-refractivity contribution in [2.75, 3.05) is 5.32 Å². The summed E-state index contributed by atoms with van der Waals surface area (Å²) < 4.78 is 0. The van der Waals surface area contributed by atoms with E-state index in [-0.39, 0.29) is 5.91 Å². The summed E-state index contributed by atoms with van der Waals surface area (Å²) in [5.74, 6) is -0.0231. The Morgan fingerprint density at radius 2 is 2.29 bits per heavy atom. The van der Waals surface area contributed by atoms with Crippen LogP contribution in [-0.2, 0) is 4.79 Å². The zero-order chi connectivity index (χ0) is 10.6. The van der Waals surface area contributed by atoms with Crippen LogP contribution in [0.3, 0.4) is 0 Å². The third-order valence-electron chi connectivity index (χ3n) is 1.75. The van der Waals surface area contributed by atoms with Crippen molar-refractivity contribution < 1.29 is 4.79 Å². The minimum Gasteiger partial charge on any atom is -0.389 e. The summed E-state index contributed by atoms with van der Waals surface area (Å²) in [4.78, 5) is 11.4. The van der Waals surface area contributed by atoms with E-state index in [0.29, 0.717) is 11.4 Å². The maximum Gasteiger partial charge on any atom is 0.224 e. The molecule has 0 aliphatic rings. The molecule has 0 fully saturated rings. The van der Waals surface area contributed by atoms with Gasteiger partial charge in [-0.05, 0) is 12.1 Å². The topological polar surface area (TPSA) is 55.1 Å². The van der Waals surface area contributed by atoms with Gasteiger partial charge in [0.1, 0.15) is 4.99 Å². The van der Waals surface area contributed by atoms with Crippen LogP contribution < -0.4 is 11.1 Å². The molecule has 14 heavy (non-hydrogen) atoms. The lowest BCUT2D eigenvalue weighted by atomic mass is 10.2. The summed E-state index contributed by atoms with van der Waals surface area (Å²) in [5, 5.41) is 2.73. The standard InChI is InChI=1S/C10H12N2OS/c1-2-9(13)12-8-5-3-4-7(6-8)10(11)14/h3-6H,2H2,1H3,(H2,11,14)(H,12,13). The average Bonchev–Trinajstić information content (AvgIpc) is 2.18. The summed E-state index contributed by atoms with van der Waals surface area (Å²) in [6.45, 7) is 1.80. The van der Waals surface area contributed by atoms with E-state index in [4.69, 9.17) is 18.0 Å². The Kier molecular flexibility index (Phi) is 3.59. The van der Waals surface area contributed by atoms with Crippen molar-refractivity contribution in [3.63, 3.8) is 0 Å². The zero-order valence-corrected chi connectivity index (χ0v) is 8.73. The molecule has 0 aliphatic heterocycles. The van der Waals surface area contributed by atoms with E-state index in [0.717, 1.165) is 11.3 Å². The molecule has 0 aromatic heterocycles. The number of anilines is 1. The molecular weight excluding hydrogens is 196 g/mol. The van der Waals surface area contributed by atoms with E-state index in [9.17, 15) is 4.79 Å². The first-order valence-electron chi connectivity index (χ1n) is 4.33. The van der Waals surface area contributed by atoms with Gasteiger partial charge in [-0.25, -0.2) is 0 Å². The van der Waals surface area contributed by atoms with Gasteiger partial charge in [-0.2, -0.15) is 0 Å². The number of nitrogens with two attached hydrogens (primary N) is 1. The smallest absolute Gasteiger partial charge is 0.224 e. The van der Waals surface area contributed by atoms with Gasteiger partial charge in [0.05, 0.1) is 0 Å². The second-order valence-electron chi connectivity index (χ2n) is 2.85. The van der Waals surface area contributed by atoms with Gasteiger partial charge in [0.25, 0.3) is 0 Å². The number of amides is 1. The number of carbonyl (C=O) groups excluding carboxylic acids is 1. The Hall–Kier alpha value is -1.42. The highest BCUT2D eigenvalue weighted by Gasteiger charge is 2.00. The van der Waals surface area contributed by atoms with E-state index >= 15 is 0 Å². The molecule has 0 heterocycles. The van der Waals surface area contributed by atoms with Crippen LogP contribution in [0, 0.1) is 0 Å². The average molecular weight is 208 g/mol. The van der Waals surface area contributed by atoms with Crippen molar-refractivity contribution >= 4 is 28.8 Å². The first-order chi connectivity index (χ1) is 6.63. The first kappa shape index (κ1) is 10.7. The molecule has 1 aromatic rings. The second-order valence-corrected chi connectivity index (χ2v) is 3.29. The van der Waals surface area contributed by atoms with Crippen molar-refractivity contribution in [3.05, 3.63) is 29.8 Å². The third-order valence-corrected chi connectivity index (χ3v) is 1.99. The Morgan fingerprint density at radius 3 is 2.86 bits per heavy atom. The second kappa shape index (κ2) is 4.72. The van der Waals surface area contributed by atoms with Crippen molar-refractivity contribution in [1.29, 1.82) is 0 Å². The molecule has 3 nitrogen and oxygen atoms in total. The van der Waals surface area contributed by atoms with Crippen LogP contribution in [0.5, 0.6) is 0 Å². The molecule has 0 saturated carbocycles. The quantitative estimate of drug-likeness (QED) is 0.743. The summed E-state index contributed by atoms with van der Waals surface area (Å²) >= 11 is 4.83. The highest BCUT2D eigenvalue weighted by atomic mass is 32.1. The van der Waals surface area contributed by atoms with Crippen molar-refractivity contribution in [2.45, 2.75) is 13.3 Å². The van der Waals surface area contributed by atoms with Gasteiger partial charge in [-0.15, -0.1) is 0 Å². The zero-order valence-electron chi connectivity index (χ0n) is 7.91. The summed E-state index contributed by atoms with van der Waals surface area (Å²) in [6, 6.07) is 7.18. The normalized spacial score (nSPS) is 9.50. The lowest BCUT2D eigenvalue weighted by Crippen LogP contribution is -2.12. The highest BCUT2D eigenvalue weighted by molar-refractivity contribution is 7.80. The summed E-state index contributed by atoms with van der Waals surface area (Å²) in [7, 11) is 0. The molecule has 1 rings (SSSR count). The Labute approximate surface area is 88.3 Å². The summed E-state index contributed by atoms with van der Waals surface area (Å²) in [5.41, 5.74) is 6.95. The number of thiocarbonyl (C=S) groups is 1. The third kappa shape index (κ3) is 2.81. The molecule has 0 unspecified atom stereocenters. The van der Waals surface area contributed by atoms with E-state index in [1.54, 1.807) is 25.1 Å². The Bertz CT molecular complexity index is 363. The number of rotatable bonds is 3. The fraction of sp³-hybridized carbons (Fsp3) is 0.200. The molecule has 0 spiro atoms. The van der Waals surface area contributed by atoms with E-state index in [1.807, 2.05) is 6.07 Å². The number of benzene rings is 1. The lowest BCUT2D eigenvalue weighted by molar-refractivity contribution is -0.115. The minimum absolute atomic E-state index is 0.0231. The van der Waals surface area contributed by atoms with Gasteiger partial charge in [0.2, 0.25) is 5.91 Å². The van der Waals surface area contributed by atoms with E-state index in [1.165, 1.54) is 0 Å². The lowest BCUT2D eigenvalue weighted by Gasteiger charge is -2.05. The van der Waals surface area contributed by atoms with Crippen LogP contribution in [0.1, 0.15) is 18.9 Å². The van der Waals surface area contributed by atoms with Crippen molar-refractivity contribution in [3.8, 4) is 0 Å².